The van der Waals surface area contributed by atoms with Crippen molar-refractivity contribution in [3.05, 3.63) is 63.7 Å². The van der Waals surface area contributed by atoms with Gasteiger partial charge in [0.2, 0.25) is 5.76 Å². The predicted octanol–water partition coefficient (Wildman–Crippen LogP) is 2.06. The Morgan fingerprint density at radius 1 is 1.18 bits per heavy atom. The van der Waals surface area contributed by atoms with Gasteiger partial charge >= 0.3 is 5.97 Å². The molecule has 0 aliphatic heterocycles. The molecule has 1 aromatic carbocycles. The number of hydrogen-bond donors (Lipinski definition) is 0. The third-order valence-corrected chi connectivity index (χ3v) is 2.90. The van der Waals surface area contributed by atoms with E-state index in [1.54, 1.807) is 31.2 Å². The van der Waals surface area contributed by atoms with Gasteiger partial charge in [0, 0.05) is 11.6 Å². The molecule has 2 aromatic rings. The van der Waals surface area contributed by atoms with Gasteiger partial charge in [-0.15, -0.1) is 0 Å². The number of benzene rings is 1. The molecule has 1 heterocycles. The van der Waals surface area contributed by atoms with Gasteiger partial charge in [0.25, 0.3) is 0 Å². The summed E-state index contributed by atoms with van der Waals surface area (Å²) in [5.41, 5.74) is -0.440. The zero-order chi connectivity index (χ0) is 16.1. The van der Waals surface area contributed by atoms with Crippen molar-refractivity contribution >= 4 is 11.8 Å². The third-order valence-electron chi connectivity index (χ3n) is 2.90. The first-order valence-corrected chi connectivity index (χ1v) is 6.55. The maximum absolute atomic E-state index is 12.3. The molecule has 6 heteroatoms. The minimum Gasteiger partial charge on any atom is -0.497 e. The number of methoxy groups -OCH3 is 1. The average molecular weight is 302 g/mol. The van der Waals surface area contributed by atoms with Crippen LogP contribution in [0.2, 0.25) is 0 Å². The highest BCUT2D eigenvalue weighted by Gasteiger charge is 2.17. The Bertz CT molecular complexity index is 742. The molecule has 0 aliphatic rings. The third kappa shape index (κ3) is 3.22. The van der Waals surface area contributed by atoms with Gasteiger partial charge in [-0.3, -0.25) is 9.59 Å². The summed E-state index contributed by atoms with van der Waals surface area (Å²) < 4.78 is 14.7. The van der Waals surface area contributed by atoms with Gasteiger partial charge in [-0.2, -0.15) is 0 Å². The average Bonchev–Trinajstić information content (AvgIpc) is 2.54. The van der Waals surface area contributed by atoms with Gasteiger partial charge in [0.15, 0.2) is 11.2 Å². The Labute approximate surface area is 126 Å². The minimum absolute atomic E-state index is 0.154. The zero-order valence-corrected chi connectivity index (χ0v) is 12.1. The summed E-state index contributed by atoms with van der Waals surface area (Å²) in [7, 11) is 1.51. The molecule has 0 aliphatic carbocycles. The van der Waals surface area contributed by atoms with Crippen LogP contribution >= 0.6 is 0 Å². The normalized spacial score (nSPS) is 10.1. The molecule has 0 fully saturated rings. The van der Waals surface area contributed by atoms with Gasteiger partial charge in [-0.05, 0) is 31.2 Å². The van der Waals surface area contributed by atoms with Crippen molar-refractivity contribution in [1.82, 2.24) is 0 Å². The lowest BCUT2D eigenvalue weighted by atomic mass is 10.0. The summed E-state index contributed by atoms with van der Waals surface area (Å²) in [5, 5.41) is 0. The van der Waals surface area contributed by atoms with Crippen LogP contribution < -0.4 is 10.2 Å². The quantitative estimate of drug-likeness (QED) is 0.621. The van der Waals surface area contributed by atoms with Crippen molar-refractivity contribution in [2.45, 2.75) is 6.92 Å². The first-order valence-electron chi connectivity index (χ1n) is 6.55. The lowest BCUT2D eigenvalue weighted by Gasteiger charge is -2.04. The number of esters is 1. The van der Waals surface area contributed by atoms with E-state index in [1.807, 2.05) is 0 Å². The minimum atomic E-state index is -0.747. The molecule has 6 nitrogen and oxygen atoms in total. The SMILES string of the molecule is CCOC(=O)c1cc(=O)c(C(=O)c2ccc(OC)cc2)co1. The van der Waals surface area contributed by atoms with Crippen molar-refractivity contribution in [2.24, 2.45) is 0 Å². The maximum atomic E-state index is 12.3. The Morgan fingerprint density at radius 2 is 1.86 bits per heavy atom. The van der Waals surface area contributed by atoms with Crippen LogP contribution in [0.1, 0.15) is 33.4 Å². The summed E-state index contributed by atoms with van der Waals surface area (Å²) in [6.07, 6.45) is 0.973. The fourth-order valence-electron chi connectivity index (χ4n) is 1.78. The number of carbonyl (C=O) groups excluding carboxylic acids is 2. The number of ketones is 1. The highest BCUT2D eigenvalue weighted by Crippen LogP contribution is 2.14. The van der Waals surface area contributed by atoms with Crippen molar-refractivity contribution < 1.29 is 23.5 Å². The summed E-state index contributed by atoms with van der Waals surface area (Å²) in [6, 6.07) is 7.26. The molecule has 0 unspecified atom stereocenters. The molecule has 0 saturated carbocycles. The van der Waals surface area contributed by atoms with Crippen LogP contribution in [0.15, 0.2) is 45.8 Å². The van der Waals surface area contributed by atoms with E-state index in [1.165, 1.54) is 7.11 Å². The van der Waals surface area contributed by atoms with Gasteiger partial charge < -0.3 is 13.9 Å². The second kappa shape index (κ2) is 6.71. The molecule has 2 rings (SSSR count). The standard InChI is InChI=1S/C16H14O6/c1-3-21-16(19)14-8-13(17)12(9-22-14)15(18)10-4-6-11(20-2)7-5-10/h4-9H,3H2,1-2H3. The summed E-state index contributed by atoms with van der Waals surface area (Å²) in [4.78, 5) is 35.7. The highest BCUT2D eigenvalue weighted by molar-refractivity contribution is 6.08. The highest BCUT2D eigenvalue weighted by atomic mass is 16.5. The lowest BCUT2D eigenvalue weighted by molar-refractivity contribution is 0.0486. The first-order chi connectivity index (χ1) is 10.6. The lowest BCUT2D eigenvalue weighted by Crippen LogP contribution is -2.17. The van der Waals surface area contributed by atoms with E-state index in [2.05, 4.69) is 0 Å². The van der Waals surface area contributed by atoms with Crippen molar-refractivity contribution in [2.75, 3.05) is 13.7 Å². The Balaban J connectivity index is 2.30. The van der Waals surface area contributed by atoms with E-state index in [9.17, 15) is 14.4 Å². The molecule has 22 heavy (non-hydrogen) atoms. The van der Waals surface area contributed by atoms with Crippen molar-refractivity contribution in [1.29, 1.82) is 0 Å². The number of hydrogen-bond acceptors (Lipinski definition) is 6. The van der Waals surface area contributed by atoms with E-state index in [4.69, 9.17) is 13.9 Å². The van der Waals surface area contributed by atoms with Gasteiger partial charge in [0.05, 0.1) is 13.7 Å². The molecule has 0 N–H and O–H groups in total. The van der Waals surface area contributed by atoms with Crippen LogP contribution in [0.4, 0.5) is 0 Å². The first kappa shape index (κ1) is 15.5. The smallest absolute Gasteiger partial charge is 0.374 e. The largest absolute Gasteiger partial charge is 0.497 e. The van der Waals surface area contributed by atoms with E-state index < -0.39 is 17.2 Å². The Morgan fingerprint density at radius 3 is 2.41 bits per heavy atom. The molecule has 0 amide bonds. The molecule has 0 spiro atoms. The van der Waals surface area contributed by atoms with E-state index >= 15 is 0 Å². The van der Waals surface area contributed by atoms with Crippen LogP contribution in [0, 0.1) is 0 Å². The summed E-state index contributed by atoms with van der Waals surface area (Å²) in [5.74, 6) is -0.880. The molecule has 1 aromatic heterocycles. The van der Waals surface area contributed by atoms with Crippen LogP contribution in [0.25, 0.3) is 0 Å². The van der Waals surface area contributed by atoms with Crippen LogP contribution in [0.5, 0.6) is 5.75 Å². The molecule has 0 saturated heterocycles. The van der Waals surface area contributed by atoms with E-state index in [-0.39, 0.29) is 17.9 Å². The number of ether oxygens (including phenoxy) is 2. The molecule has 0 radical (unpaired) electrons. The second-order valence-electron chi connectivity index (χ2n) is 4.30. The van der Waals surface area contributed by atoms with Gasteiger partial charge in [-0.1, -0.05) is 0 Å². The number of carbonyl (C=O) groups is 2. The monoisotopic (exact) mass is 302 g/mol. The number of rotatable bonds is 5. The zero-order valence-electron chi connectivity index (χ0n) is 12.1. The van der Waals surface area contributed by atoms with Crippen LogP contribution in [-0.2, 0) is 4.74 Å². The molecule has 0 bridgehead atoms. The van der Waals surface area contributed by atoms with Crippen LogP contribution in [-0.4, -0.2) is 25.5 Å². The Kier molecular flexibility index (Phi) is 4.73. The summed E-state index contributed by atoms with van der Waals surface area (Å²) in [6.45, 7) is 1.80. The van der Waals surface area contributed by atoms with Crippen molar-refractivity contribution in [3.63, 3.8) is 0 Å². The molecule has 114 valence electrons. The van der Waals surface area contributed by atoms with Gasteiger partial charge in [0.1, 0.15) is 17.6 Å². The molecular formula is C16H14O6. The van der Waals surface area contributed by atoms with E-state index in [0.29, 0.717) is 11.3 Å². The predicted molar refractivity (Wildman–Crippen MR) is 77.4 cm³/mol. The van der Waals surface area contributed by atoms with Crippen LogP contribution in [0.3, 0.4) is 0 Å². The van der Waals surface area contributed by atoms with E-state index in [0.717, 1.165) is 12.3 Å². The maximum Gasteiger partial charge on any atom is 0.374 e. The van der Waals surface area contributed by atoms with Crippen molar-refractivity contribution in [3.8, 4) is 5.75 Å². The fraction of sp³-hybridized carbons (Fsp3) is 0.188. The second-order valence-corrected chi connectivity index (χ2v) is 4.30. The molecule has 0 atom stereocenters. The Hall–Kier alpha value is -2.89. The molecular weight excluding hydrogens is 288 g/mol. The fourth-order valence-corrected chi connectivity index (χ4v) is 1.78. The topological polar surface area (TPSA) is 82.8 Å². The summed E-state index contributed by atoms with van der Waals surface area (Å²) >= 11 is 0. The van der Waals surface area contributed by atoms with Gasteiger partial charge in [-0.25, -0.2) is 4.79 Å².